The molecule has 2 aliphatic carbocycles. The fourth-order valence-corrected chi connectivity index (χ4v) is 6.20. The Bertz CT molecular complexity index is 1230. The first kappa shape index (κ1) is 21.0. The van der Waals surface area contributed by atoms with E-state index in [9.17, 15) is 13.2 Å². The molecular formula is C24H30N4O4S. The smallest absolute Gasteiger partial charge is 0.233 e. The van der Waals surface area contributed by atoms with Crippen molar-refractivity contribution < 1.29 is 17.9 Å². The predicted octanol–water partition coefficient (Wildman–Crippen LogP) is 3.34. The molecular weight excluding hydrogens is 440 g/mol. The number of carbonyl (C=O) groups excluding carboxylic acids is 1. The Labute approximate surface area is 194 Å². The van der Waals surface area contributed by atoms with Crippen LogP contribution < -0.4 is 13.9 Å². The quantitative estimate of drug-likeness (QED) is 0.669. The van der Waals surface area contributed by atoms with Crippen LogP contribution in [0.2, 0.25) is 0 Å². The first-order valence-electron chi connectivity index (χ1n) is 12.0. The highest BCUT2D eigenvalue weighted by atomic mass is 32.2. The zero-order valence-electron chi connectivity index (χ0n) is 19.2. The number of hydrogen-bond acceptors (Lipinski definition) is 5. The molecule has 0 radical (unpaired) electrons. The Hall–Kier alpha value is -2.55. The van der Waals surface area contributed by atoms with E-state index < -0.39 is 10.0 Å². The number of rotatable bonds is 5. The monoisotopic (exact) mass is 470 g/mol. The average molecular weight is 471 g/mol. The van der Waals surface area contributed by atoms with E-state index in [-0.39, 0.29) is 24.0 Å². The van der Waals surface area contributed by atoms with Gasteiger partial charge < -0.3 is 9.64 Å². The summed E-state index contributed by atoms with van der Waals surface area (Å²) in [5, 5.41) is 4.48. The van der Waals surface area contributed by atoms with Gasteiger partial charge in [0.1, 0.15) is 11.6 Å². The van der Waals surface area contributed by atoms with Gasteiger partial charge in [0.2, 0.25) is 15.9 Å². The first-order chi connectivity index (χ1) is 15.8. The number of sulfonamides is 1. The Morgan fingerprint density at radius 3 is 2.55 bits per heavy atom. The van der Waals surface area contributed by atoms with Gasteiger partial charge in [-0.1, -0.05) is 0 Å². The number of aromatic nitrogens is 2. The van der Waals surface area contributed by atoms with Gasteiger partial charge in [-0.2, -0.15) is 5.10 Å². The molecule has 0 saturated heterocycles. The van der Waals surface area contributed by atoms with Crippen molar-refractivity contribution in [1.82, 2.24) is 9.78 Å². The Balaban J connectivity index is 1.50. The Morgan fingerprint density at radius 2 is 1.88 bits per heavy atom. The summed E-state index contributed by atoms with van der Waals surface area (Å²) in [6, 6.07) is 4.18. The third-order valence-corrected chi connectivity index (χ3v) is 8.66. The van der Waals surface area contributed by atoms with Crippen molar-refractivity contribution >= 4 is 27.4 Å². The number of anilines is 2. The molecule has 1 unspecified atom stereocenters. The number of carbonyl (C=O) groups is 1. The Kier molecular flexibility index (Phi) is 4.76. The summed E-state index contributed by atoms with van der Waals surface area (Å²) in [6.07, 6.45) is 10.0. The molecule has 4 aliphatic rings. The molecule has 1 aromatic heterocycles. The van der Waals surface area contributed by atoms with E-state index in [1.165, 1.54) is 10.6 Å². The van der Waals surface area contributed by atoms with Gasteiger partial charge in [0.15, 0.2) is 0 Å². The lowest BCUT2D eigenvalue weighted by atomic mass is 9.90. The van der Waals surface area contributed by atoms with Crippen LogP contribution in [0.25, 0.3) is 11.1 Å². The van der Waals surface area contributed by atoms with Gasteiger partial charge in [-0.25, -0.2) is 13.1 Å². The Morgan fingerprint density at radius 1 is 1.09 bits per heavy atom. The van der Waals surface area contributed by atoms with Crippen LogP contribution in [0.3, 0.4) is 0 Å². The largest absolute Gasteiger partial charge is 0.489 e. The number of fused-ring (bicyclic) bond motifs is 2. The number of amides is 1. The van der Waals surface area contributed by atoms with Crippen molar-refractivity contribution in [3.63, 3.8) is 0 Å². The van der Waals surface area contributed by atoms with Gasteiger partial charge in [-0.3, -0.25) is 9.10 Å². The molecule has 33 heavy (non-hydrogen) atoms. The molecule has 2 saturated carbocycles. The molecule has 2 fully saturated rings. The van der Waals surface area contributed by atoms with Crippen LogP contribution in [0.5, 0.6) is 5.75 Å². The van der Waals surface area contributed by atoms with Crippen LogP contribution in [-0.4, -0.2) is 49.1 Å². The molecule has 9 heteroatoms. The van der Waals surface area contributed by atoms with Crippen molar-refractivity contribution in [3.8, 4) is 16.9 Å². The van der Waals surface area contributed by atoms with E-state index in [1.54, 1.807) is 10.9 Å². The zero-order valence-corrected chi connectivity index (χ0v) is 20.0. The van der Waals surface area contributed by atoms with E-state index in [4.69, 9.17) is 4.74 Å². The SMILES string of the molecule is CC1CCc2c(ccc(-c3cnn4c3N(S(C)(=O)=O)CC4)c2OC2CCC2)N1C(=O)C1CC1. The van der Waals surface area contributed by atoms with E-state index in [0.717, 1.165) is 73.1 Å². The fraction of sp³-hybridized carbons (Fsp3) is 0.583. The summed E-state index contributed by atoms with van der Waals surface area (Å²) in [6.45, 7) is 3.05. The van der Waals surface area contributed by atoms with Gasteiger partial charge in [-0.15, -0.1) is 0 Å². The molecule has 1 atom stereocenters. The molecule has 2 aromatic rings. The molecule has 3 heterocycles. The normalized spacial score (nSPS) is 22.7. The number of ether oxygens (including phenoxy) is 1. The van der Waals surface area contributed by atoms with Gasteiger partial charge in [0, 0.05) is 28.7 Å². The van der Waals surface area contributed by atoms with Crippen LogP contribution in [0, 0.1) is 5.92 Å². The maximum atomic E-state index is 13.2. The van der Waals surface area contributed by atoms with Crippen LogP contribution in [0.4, 0.5) is 11.5 Å². The highest BCUT2D eigenvalue weighted by Gasteiger charge is 2.40. The molecule has 1 amide bonds. The molecule has 6 rings (SSSR count). The second-order valence-corrected chi connectivity index (χ2v) is 11.8. The molecule has 1 aromatic carbocycles. The van der Waals surface area contributed by atoms with Crippen molar-refractivity contribution in [2.24, 2.45) is 5.92 Å². The molecule has 0 spiro atoms. The average Bonchev–Trinajstić information content (AvgIpc) is 3.37. The predicted molar refractivity (Wildman–Crippen MR) is 126 cm³/mol. The van der Waals surface area contributed by atoms with E-state index in [0.29, 0.717) is 18.9 Å². The highest BCUT2D eigenvalue weighted by Crippen LogP contribution is 2.48. The molecule has 2 aliphatic heterocycles. The number of hydrogen-bond donors (Lipinski definition) is 0. The minimum atomic E-state index is -3.41. The van der Waals surface area contributed by atoms with Gasteiger partial charge >= 0.3 is 0 Å². The third-order valence-electron chi connectivity index (χ3n) is 7.50. The lowest BCUT2D eigenvalue weighted by Gasteiger charge is -2.38. The van der Waals surface area contributed by atoms with Crippen LogP contribution in [0.1, 0.15) is 51.0 Å². The molecule has 176 valence electrons. The summed E-state index contributed by atoms with van der Waals surface area (Å²) < 4.78 is 34.7. The van der Waals surface area contributed by atoms with Crippen LogP contribution >= 0.6 is 0 Å². The van der Waals surface area contributed by atoms with Crippen LogP contribution in [-0.2, 0) is 27.8 Å². The zero-order chi connectivity index (χ0) is 22.9. The lowest BCUT2D eigenvalue weighted by Crippen LogP contribution is -2.43. The van der Waals surface area contributed by atoms with Crippen molar-refractivity contribution in [1.29, 1.82) is 0 Å². The lowest BCUT2D eigenvalue weighted by molar-refractivity contribution is -0.120. The summed E-state index contributed by atoms with van der Waals surface area (Å²) in [4.78, 5) is 15.1. The van der Waals surface area contributed by atoms with Gasteiger partial charge in [0.25, 0.3) is 0 Å². The highest BCUT2D eigenvalue weighted by molar-refractivity contribution is 7.92. The van der Waals surface area contributed by atoms with Gasteiger partial charge in [-0.05, 0) is 64.0 Å². The van der Waals surface area contributed by atoms with Crippen molar-refractivity contribution in [2.75, 3.05) is 22.0 Å². The minimum absolute atomic E-state index is 0.149. The molecule has 8 nitrogen and oxygen atoms in total. The van der Waals surface area contributed by atoms with Crippen LogP contribution in [0.15, 0.2) is 18.3 Å². The fourth-order valence-electron chi connectivity index (χ4n) is 5.28. The minimum Gasteiger partial charge on any atom is -0.489 e. The van der Waals surface area contributed by atoms with E-state index in [1.807, 2.05) is 17.0 Å². The number of nitrogens with zero attached hydrogens (tertiary/aromatic N) is 4. The molecule has 0 N–H and O–H groups in total. The second kappa shape index (κ2) is 7.48. The first-order valence-corrected chi connectivity index (χ1v) is 13.9. The number of benzene rings is 1. The van der Waals surface area contributed by atoms with Gasteiger partial charge in [0.05, 0.1) is 37.3 Å². The maximum absolute atomic E-state index is 13.2. The maximum Gasteiger partial charge on any atom is 0.233 e. The van der Waals surface area contributed by atoms with E-state index in [2.05, 4.69) is 12.0 Å². The van der Waals surface area contributed by atoms with E-state index >= 15 is 0 Å². The summed E-state index contributed by atoms with van der Waals surface area (Å²) in [5.41, 5.74) is 3.66. The standard InChI is InChI=1S/C24H30N4O4S/c1-15-6-9-19-21(28(15)24(29)16-7-8-16)11-10-18(22(19)32-17-4-3-5-17)20-14-25-26-12-13-27(23(20)26)33(2,30)31/h10-11,14-17H,3-9,12-13H2,1-2H3. The summed E-state index contributed by atoms with van der Waals surface area (Å²) in [7, 11) is -3.41. The van der Waals surface area contributed by atoms with Crippen molar-refractivity contribution in [3.05, 3.63) is 23.9 Å². The van der Waals surface area contributed by atoms with Crippen molar-refractivity contribution in [2.45, 2.75) is 70.6 Å². The molecule has 0 bridgehead atoms. The topological polar surface area (TPSA) is 84.7 Å². The third kappa shape index (κ3) is 3.43. The summed E-state index contributed by atoms with van der Waals surface area (Å²) in [5.74, 6) is 1.77. The second-order valence-electron chi connectivity index (χ2n) is 9.92. The summed E-state index contributed by atoms with van der Waals surface area (Å²) >= 11 is 0.